The zero-order chi connectivity index (χ0) is 18.6. The molecule has 0 bridgehead atoms. The topological polar surface area (TPSA) is 78.5 Å². The van der Waals surface area contributed by atoms with Crippen LogP contribution in [-0.2, 0) is 14.4 Å². The molecule has 1 aliphatic heterocycles. The molecule has 1 heterocycles. The molecule has 2 atom stereocenters. The van der Waals surface area contributed by atoms with Gasteiger partial charge in [0, 0.05) is 12.2 Å². The molecular weight excluding hydrogens is 339 g/mol. The maximum atomic E-state index is 12.4. The number of likely N-dealkylation sites (tertiary alicyclic amines) is 1. The number of hydrogen-bond donors (Lipinski definition) is 2. The second-order valence-electron chi connectivity index (χ2n) is 5.74. The average molecular weight is 357 g/mol. The number of halogens is 3. The molecule has 25 heavy (non-hydrogen) atoms. The van der Waals surface area contributed by atoms with E-state index in [2.05, 4.69) is 5.32 Å². The van der Waals surface area contributed by atoms with Gasteiger partial charge in [-0.3, -0.25) is 14.4 Å². The van der Waals surface area contributed by atoms with Gasteiger partial charge in [-0.25, -0.2) is 0 Å². The van der Waals surface area contributed by atoms with Crippen LogP contribution in [0.2, 0.25) is 0 Å². The van der Waals surface area contributed by atoms with Crippen molar-refractivity contribution >= 4 is 23.4 Å². The minimum Gasteiger partial charge on any atom is -0.337 e. The van der Waals surface area contributed by atoms with E-state index in [1.165, 1.54) is 4.90 Å². The first-order valence-corrected chi connectivity index (χ1v) is 7.74. The van der Waals surface area contributed by atoms with Crippen molar-refractivity contribution < 1.29 is 27.6 Å². The van der Waals surface area contributed by atoms with E-state index >= 15 is 0 Å². The van der Waals surface area contributed by atoms with Gasteiger partial charge in [-0.2, -0.15) is 13.2 Å². The largest absolute Gasteiger partial charge is 0.471 e. The van der Waals surface area contributed by atoms with Gasteiger partial charge in [0.25, 0.3) is 0 Å². The molecule has 3 amide bonds. The Labute approximate surface area is 142 Å². The summed E-state index contributed by atoms with van der Waals surface area (Å²) in [6, 6.07) is 6.48. The summed E-state index contributed by atoms with van der Waals surface area (Å²) in [6.45, 7) is 1.41. The van der Waals surface area contributed by atoms with Crippen LogP contribution in [-0.4, -0.2) is 47.4 Å². The van der Waals surface area contributed by atoms with Gasteiger partial charge in [-0.05, 0) is 31.9 Å². The van der Waals surface area contributed by atoms with Crippen LogP contribution in [0.3, 0.4) is 0 Å². The molecule has 1 aliphatic rings. The predicted octanol–water partition coefficient (Wildman–Crippen LogP) is 1.68. The van der Waals surface area contributed by atoms with Crippen molar-refractivity contribution in [2.45, 2.75) is 38.0 Å². The maximum absolute atomic E-state index is 12.4. The lowest BCUT2D eigenvalue weighted by Gasteiger charge is -2.27. The minimum absolute atomic E-state index is 0.248. The van der Waals surface area contributed by atoms with Gasteiger partial charge >= 0.3 is 12.1 Å². The predicted molar refractivity (Wildman–Crippen MR) is 83.5 cm³/mol. The molecule has 0 radical (unpaired) electrons. The Kier molecular flexibility index (Phi) is 5.66. The summed E-state index contributed by atoms with van der Waals surface area (Å²) in [6.07, 6.45) is -4.10. The molecule has 0 spiro atoms. The van der Waals surface area contributed by atoms with E-state index < -0.39 is 36.0 Å². The zero-order valence-corrected chi connectivity index (χ0v) is 13.5. The first-order valence-electron chi connectivity index (χ1n) is 7.74. The average Bonchev–Trinajstić information content (AvgIpc) is 3.03. The van der Waals surface area contributed by atoms with Crippen molar-refractivity contribution in [1.82, 2.24) is 10.2 Å². The number of carbonyl (C=O) groups excluding carboxylic acids is 3. The van der Waals surface area contributed by atoms with E-state index in [1.54, 1.807) is 35.6 Å². The lowest BCUT2D eigenvalue weighted by Crippen LogP contribution is -2.53. The molecule has 6 nitrogen and oxygen atoms in total. The number of benzene rings is 1. The van der Waals surface area contributed by atoms with E-state index in [9.17, 15) is 27.6 Å². The molecule has 136 valence electrons. The van der Waals surface area contributed by atoms with Gasteiger partial charge in [-0.1, -0.05) is 18.2 Å². The van der Waals surface area contributed by atoms with Crippen LogP contribution < -0.4 is 10.6 Å². The van der Waals surface area contributed by atoms with Crippen molar-refractivity contribution in [3.63, 3.8) is 0 Å². The Hall–Kier alpha value is -2.58. The normalized spacial score (nSPS) is 18.6. The summed E-state index contributed by atoms with van der Waals surface area (Å²) in [5, 5.41) is 4.29. The number of rotatable bonds is 4. The summed E-state index contributed by atoms with van der Waals surface area (Å²) in [4.78, 5) is 36.9. The third kappa shape index (κ3) is 4.71. The Morgan fingerprint density at radius 1 is 1.20 bits per heavy atom. The molecule has 1 aromatic carbocycles. The third-order valence-corrected chi connectivity index (χ3v) is 3.86. The van der Waals surface area contributed by atoms with Gasteiger partial charge in [0.15, 0.2) is 0 Å². The monoisotopic (exact) mass is 357 g/mol. The maximum Gasteiger partial charge on any atom is 0.471 e. The van der Waals surface area contributed by atoms with Crippen LogP contribution in [0.1, 0.15) is 19.8 Å². The van der Waals surface area contributed by atoms with E-state index in [0.29, 0.717) is 18.5 Å². The van der Waals surface area contributed by atoms with Crippen molar-refractivity contribution in [2.24, 2.45) is 0 Å². The number of para-hydroxylation sites is 1. The number of alkyl halides is 3. The zero-order valence-electron chi connectivity index (χ0n) is 13.5. The van der Waals surface area contributed by atoms with E-state index in [0.717, 1.165) is 6.92 Å². The van der Waals surface area contributed by atoms with Crippen molar-refractivity contribution in [3.8, 4) is 0 Å². The molecule has 1 aromatic rings. The van der Waals surface area contributed by atoms with Crippen LogP contribution in [0, 0.1) is 0 Å². The van der Waals surface area contributed by atoms with Crippen LogP contribution >= 0.6 is 0 Å². The second-order valence-corrected chi connectivity index (χ2v) is 5.74. The lowest BCUT2D eigenvalue weighted by atomic mass is 10.1. The summed E-state index contributed by atoms with van der Waals surface area (Å²) in [5.41, 5.74) is 0.560. The van der Waals surface area contributed by atoms with Crippen LogP contribution in [0.25, 0.3) is 0 Å². The first-order chi connectivity index (χ1) is 11.7. The molecule has 1 saturated heterocycles. The van der Waals surface area contributed by atoms with Gasteiger partial charge < -0.3 is 15.5 Å². The Morgan fingerprint density at radius 2 is 1.84 bits per heavy atom. The number of carbonyl (C=O) groups is 3. The van der Waals surface area contributed by atoms with Crippen molar-refractivity contribution in [3.05, 3.63) is 30.3 Å². The Bertz CT molecular complexity index is 649. The molecule has 0 saturated carbocycles. The Morgan fingerprint density at radius 3 is 2.44 bits per heavy atom. The highest BCUT2D eigenvalue weighted by molar-refractivity contribution is 5.98. The van der Waals surface area contributed by atoms with Crippen LogP contribution in [0.15, 0.2) is 30.3 Å². The van der Waals surface area contributed by atoms with E-state index in [4.69, 9.17) is 0 Å². The van der Waals surface area contributed by atoms with Gasteiger partial charge in [0.1, 0.15) is 12.1 Å². The van der Waals surface area contributed by atoms with Crippen molar-refractivity contribution in [1.29, 1.82) is 0 Å². The fourth-order valence-corrected chi connectivity index (χ4v) is 2.64. The number of anilines is 1. The summed E-state index contributed by atoms with van der Waals surface area (Å²) in [5.74, 6) is -3.31. The Balaban J connectivity index is 2.01. The van der Waals surface area contributed by atoms with Gasteiger partial charge in [0.2, 0.25) is 11.8 Å². The number of amides is 3. The SMILES string of the molecule is C[C@H](NC(=O)C(F)(F)F)C(=O)N1CCC[C@H]1C(=O)Nc1ccccc1. The van der Waals surface area contributed by atoms with Crippen LogP contribution in [0.5, 0.6) is 0 Å². The van der Waals surface area contributed by atoms with E-state index in [1.807, 2.05) is 0 Å². The number of nitrogens with zero attached hydrogens (tertiary/aromatic N) is 1. The highest BCUT2D eigenvalue weighted by Gasteiger charge is 2.42. The highest BCUT2D eigenvalue weighted by Crippen LogP contribution is 2.21. The molecule has 0 aliphatic carbocycles. The molecule has 9 heteroatoms. The quantitative estimate of drug-likeness (QED) is 0.861. The number of hydrogen-bond acceptors (Lipinski definition) is 3. The van der Waals surface area contributed by atoms with Gasteiger partial charge in [0.05, 0.1) is 0 Å². The summed E-state index contributed by atoms with van der Waals surface area (Å²) in [7, 11) is 0. The molecular formula is C16H18F3N3O3. The molecule has 0 unspecified atom stereocenters. The minimum atomic E-state index is -5.07. The van der Waals surface area contributed by atoms with Crippen LogP contribution in [0.4, 0.5) is 18.9 Å². The fraction of sp³-hybridized carbons (Fsp3) is 0.438. The molecule has 2 rings (SSSR count). The summed E-state index contributed by atoms with van der Waals surface area (Å²) < 4.78 is 36.9. The standard InChI is InChI=1S/C16H18F3N3O3/c1-10(20-15(25)16(17,18)19)14(24)22-9-5-8-12(22)13(23)21-11-6-3-2-4-7-11/h2-4,6-7,10,12H,5,8-9H2,1H3,(H,20,25)(H,21,23)/t10-,12-/m0/s1. The smallest absolute Gasteiger partial charge is 0.337 e. The van der Waals surface area contributed by atoms with Crippen molar-refractivity contribution in [2.75, 3.05) is 11.9 Å². The third-order valence-electron chi connectivity index (χ3n) is 3.86. The molecule has 2 N–H and O–H groups in total. The fourth-order valence-electron chi connectivity index (χ4n) is 2.64. The number of nitrogens with one attached hydrogen (secondary N) is 2. The molecule has 1 fully saturated rings. The van der Waals surface area contributed by atoms with Gasteiger partial charge in [-0.15, -0.1) is 0 Å². The molecule has 0 aromatic heterocycles. The second kappa shape index (κ2) is 7.54. The lowest BCUT2D eigenvalue weighted by molar-refractivity contribution is -0.175. The first kappa shape index (κ1) is 18.8. The summed E-state index contributed by atoms with van der Waals surface area (Å²) >= 11 is 0. The highest BCUT2D eigenvalue weighted by atomic mass is 19.4. The van der Waals surface area contributed by atoms with E-state index in [-0.39, 0.29) is 6.54 Å².